The van der Waals surface area contributed by atoms with Crippen LogP contribution in [0.2, 0.25) is 0 Å². The van der Waals surface area contributed by atoms with Gasteiger partial charge in [0.1, 0.15) is 0 Å². The number of hydrogen-bond donors (Lipinski definition) is 0. The van der Waals surface area contributed by atoms with Gasteiger partial charge in [0.2, 0.25) is 0 Å². The number of ether oxygens (including phenoxy) is 1. The molecule has 0 saturated heterocycles. The highest BCUT2D eigenvalue weighted by Crippen LogP contribution is 2.62. The van der Waals surface area contributed by atoms with Gasteiger partial charge in [-0.2, -0.15) is 0 Å². The molecule has 6 unspecified atom stereocenters. The van der Waals surface area contributed by atoms with Gasteiger partial charge in [0.25, 0.3) is 0 Å². The van der Waals surface area contributed by atoms with Gasteiger partial charge < -0.3 is 4.74 Å². The summed E-state index contributed by atoms with van der Waals surface area (Å²) in [5.41, 5.74) is 7.55. The first-order valence-corrected chi connectivity index (χ1v) is 11.3. The number of methoxy groups -OCH3 is 1. The van der Waals surface area contributed by atoms with Gasteiger partial charge in [-0.15, -0.1) is 11.3 Å². The van der Waals surface area contributed by atoms with E-state index in [1.54, 1.807) is 16.9 Å². The van der Waals surface area contributed by atoms with Crippen molar-refractivity contribution in [2.75, 3.05) is 7.11 Å². The molecule has 0 amide bonds. The molecule has 1 aromatic heterocycles. The van der Waals surface area contributed by atoms with Crippen LogP contribution in [0.15, 0.2) is 59.6 Å². The Hall–Kier alpha value is -1.97. The van der Waals surface area contributed by atoms with Gasteiger partial charge in [-0.05, 0) is 66.2 Å². The van der Waals surface area contributed by atoms with Crippen LogP contribution in [0.3, 0.4) is 0 Å². The topological polar surface area (TPSA) is 22.1 Å². The van der Waals surface area contributed by atoms with Crippen molar-refractivity contribution >= 4 is 27.6 Å². The molecule has 4 fully saturated rings. The van der Waals surface area contributed by atoms with Crippen molar-refractivity contribution in [3.8, 4) is 0 Å². The highest BCUT2D eigenvalue weighted by Gasteiger charge is 2.56. The van der Waals surface area contributed by atoms with Gasteiger partial charge in [-0.1, -0.05) is 48.0 Å². The van der Waals surface area contributed by atoms with Crippen molar-refractivity contribution in [3.05, 3.63) is 70.7 Å². The molecule has 2 aromatic carbocycles. The fourth-order valence-corrected chi connectivity index (χ4v) is 7.31. The van der Waals surface area contributed by atoms with E-state index in [4.69, 9.17) is 4.74 Å². The first-order chi connectivity index (χ1) is 13.8. The highest BCUT2D eigenvalue weighted by molar-refractivity contribution is 7.16. The average Bonchev–Trinajstić information content (AvgIpc) is 3.19. The smallest absolute Gasteiger partial charge is 0.0812 e. The Morgan fingerprint density at radius 1 is 1.07 bits per heavy atom. The van der Waals surface area contributed by atoms with E-state index in [-0.39, 0.29) is 0 Å². The lowest BCUT2D eigenvalue weighted by Crippen LogP contribution is -2.54. The maximum Gasteiger partial charge on any atom is 0.0812 e. The number of hydrogen-bond acceptors (Lipinski definition) is 3. The zero-order valence-corrected chi connectivity index (χ0v) is 16.9. The van der Waals surface area contributed by atoms with E-state index in [0.717, 1.165) is 17.4 Å². The Balaban J connectivity index is 1.37. The molecule has 4 aliphatic rings. The van der Waals surface area contributed by atoms with Crippen molar-refractivity contribution < 1.29 is 4.74 Å². The van der Waals surface area contributed by atoms with Crippen molar-refractivity contribution in [2.45, 2.75) is 31.3 Å². The van der Waals surface area contributed by atoms with E-state index < -0.39 is 0 Å². The predicted octanol–water partition coefficient (Wildman–Crippen LogP) is 6.15. The lowest BCUT2D eigenvalue weighted by molar-refractivity contribution is -0.0936. The maximum atomic E-state index is 6.16. The number of thiazole rings is 1. The van der Waals surface area contributed by atoms with Crippen LogP contribution in [0.5, 0.6) is 0 Å². The zero-order chi connectivity index (χ0) is 18.7. The summed E-state index contributed by atoms with van der Waals surface area (Å²) in [7, 11) is 1.93. The Morgan fingerprint density at radius 2 is 1.96 bits per heavy atom. The second kappa shape index (κ2) is 6.53. The molecule has 3 aromatic rings. The van der Waals surface area contributed by atoms with E-state index in [9.17, 15) is 0 Å². The Kier molecular flexibility index (Phi) is 3.95. The van der Waals surface area contributed by atoms with Crippen molar-refractivity contribution in [2.24, 2.45) is 23.7 Å². The van der Waals surface area contributed by atoms with Gasteiger partial charge in [-0.25, -0.2) is 4.98 Å². The summed E-state index contributed by atoms with van der Waals surface area (Å²) in [6.07, 6.45) is 6.74. The molecule has 0 aliphatic heterocycles. The van der Waals surface area contributed by atoms with Crippen LogP contribution in [-0.2, 0) is 4.74 Å². The van der Waals surface area contributed by atoms with Crippen LogP contribution in [-0.4, -0.2) is 18.2 Å². The van der Waals surface area contributed by atoms with Crippen LogP contribution >= 0.6 is 11.3 Å². The Morgan fingerprint density at radius 3 is 2.82 bits per heavy atom. The quantitative estimate of drug-likeness (QED) is 0.537. The molecule has 28 heavy (non-hydrogen) atoms. The van der Waals surface area contributed by atoms with Gasteiger partial charge in [0, 0.05) is 13.0 Å². The molecular weight excluding hydrogens is 362 g/mol. The molecule has 4 aliphatic carbocycles. The number of fused-ring (bicyclic) bond motifs is 1. The molecule has 0 spiro atoms. The monoisotopic (exact) mass is 387 g/mol. The summed E-state index contributed by atoms with van der Waals surface area (Å²) < 4.78 is 7.44. The molecule has 3 heteroatoms. The van der Waals surface area contributed by atoms with Gasteiger partial charge in [-0.3, -0.25) is 0 Å². The maximum absolute atomic E-state index is 6.16. The summed E-state index contributed by atoms with van der Waals surface area (Å²) >= 11 is 1.73. The number of rotatable bonds is 3. The minimum absolute atomic E-state index is 0.358. The van der Waals surface area contributed by atoms with E-state index in [2.05, 4.69) is 59.6 Å². The van der Waals surface area contributed by atoms with Crippen molar-refractivity contribution in [3.63, 3.8) is 0 Å². The fourth-order valence-electron chi connectivity index (χ4n) is 6.59. The molecule has 6 atom stereocenters. The van der Waals surface area contributed by atoms with Gasteiger partial charge in [0.15, 0.2) is 0 Å². The van der Waals surface area contributed by atoms with E-state index in [0.29, 0.717) is 23.9 Å². The zero-order valence-electron chi connectivity index (χ0n) is 16.1. The largest absolute Gasteiger partial charge is 0.381 e. The van der Waals surface area contributed by atoms with Crippen LogP contribution in [0.1, 0.15) is 36.3 Å². The molecule has 4 bridgehead atoms. The summed E-state index contributed by atoms with van der Waals surface area (Å²) in [5, 5.41) is 0. The number of aromatic nitrogens is 1. The van der Waals surface area contributed by atoms with Crippen LogP contribution in [0.25, 0.3) is 16.3 Å². The van der Waals surface area contributed by atoms with Gasteiger partial charge in [0.05, 0.1) is 21.8 Å². The molecule has 142 valence electrons. The molecule has 1 heterocycles. The SMILES string of the molecule is COC1C2CC3CC(CC1C3c1ccccc1)C2=Cc1ccc2ncsc2c1. The Bertz CT molecular complexity index is 1040. The third-order valence-electron chi connectivity index (χ3n) is 7.53. The molecule has 2 nitrogen and oxygen atoms in total. The van der Waals surface area contributed by atoms with Crippen LogP contribution in [0.4, 0.5) is 0 Å². The standard InChI is InChI=1S/C25H25NOS/c1-27-25-20-13-18-11-17(12-21(25)24(18)16-5-3-2-4-6-16)19(20)9-15-7-8-22-23(10-15)28-14-26-22/h2-10,14,17-18,20-21,24-25H,11-13H2,1H3. The van der Waals surface area contributed by atoms with Crippen molar-refractivity contribution in [1.82, 2.24) is 4.98 Å². The van der Waals surface area contributed by atoms with Gasteiger partial charge >= 0.3 is 0 Å². The summed E-state index contributed by atoms with van der Waals surface area (Å²) in [5.74, 6) is 3.47. The number of benzene rings is 2. The number of nitrogens with zero attached hydrogens (tertiary/aromatic N) is 1. The highest BCUT2D eigenvalue weighted by atomic mass is 32.1. The second-order valence-corrected chi connectivity index (χ2v) is 9.68. The van der Waals surface area contributed by atoms with Crippen LogP contribution < -0.4 is 0 Å². The second-order valence-electron chi connectivity index (χ2n) is 8.80. The summed E-state index contributed by atoms with van der Waals surface area (Å²) in [6.45, 7) is 0. The first-order valence-electron chi connectivity index (χ1n) is 10.4. The fraction of sp³-hybridized carbons (Fsp3) is 0.400. The van der Waals surface area contributed by atoms with E-state index >= 15 is 0 Å². The molecule has 4 saturated carbocycles. The molecule has 7 rings (SSSR count). The molecule has 0 N–H and O–H groups in total. The van der Waals surface area contributed by atoms with Crippen LogP contribution in [0, 0.1) is 23.7 Å². The molecule has 0 radical (unpaired) electrons. The van der Waals surface area contributed by atoms with E-state index in [1.807, 2.05) is 12.6 Å². The lowest BCUT2D eigenvalue weighted by Gasteiger charge is -2.59. The van der Waals surface area contributed by atoms with Crippen molar-refractivity contribution in [1.29, 1.82) is 0 Å². The minimum atomic E-state index is 0.358. The predicted molar refractivity (Wildman–Crippen MR) is 115 cm³/mol. The Labute approximate surface area is 170 Å². The first kappa shape index (κ1) is 16.9. The summed E-state index contributed by atoms with van der Waals surface area (Å²) in [6, 6.07) is 17.9. The van der Waals surface area contributed by atoms with E-state index in [1.165, 1.54) is 35.1 Å². The lowest BCUT2D eigenvalue weighted by atomic mass is 9.48. The normalized spacial score (nSPS) is 35.1. The molecular formula is C25H25NOS. The minimum Gasteiger partial charge on any atom is -0.381 e. The summed E-state index contributed by atoms with van der Waals surface area (Å²) in [4.78, 5) is 4.42. The third kappa shape index (κ3) is 2.53. The third-order valence-corrected chi connectivity index (χ3v) is 8.32. The average molecular weight is 388 g/mol.